The molecule has 55 heavy (non-hydrogen) atoms. The summed E-state index contributed by atoms with van der Waals surface area (Å²) in [5, 5.41) is 21.8. The number of methoxy groups -OCH3 is 2. The number of aromatic nitrogens is 2. The van der Waals surface area contributed by atoms with E-state index in [0.29, 0.717) is 16.7 Å². The number of Topliss-reactive ketones (excluding diaryl/α,β-unsaturated/α-hetero) is 1. The SMILES string of the molecule is COC(OC)(C(=O)C(O)[C@H]1O[C@@H](n2ccc(N)nc2=O)C[C@@H]1OP(OCCC#N)N(C(C)C)C(C)C)C(c1ccccc1)(c1ccccc1)c1ccccc1. The van der Waals surface area contributed by atoms with Gasteiger partial charge in [0.05, 0.1) is 25.2 Å². The van der Waals surface area contributed by atoms with Gasteiger partial charge < -0.3 is 34.1 Å². The van der Waals surface area contributed by atoms with E-state index >= 15 is 4.79 Å². The minimum Gasteiger partial charge on any atom is -0.383 e. The quantitative estimate of drug-likeness (QED) is 0.0546. The van der Waals surface area contributed by atoms with Gasteiger partial charge in [0.1, 0.15) is 29.7 Å². The fraction of sp³-hybridized carbons (Fsp3) is 0.415. The van der Waals surface area contributed by atoms with E-state index < -0.39 is 55.7 Å². The van der Waals surface area contributed by atoms with E-state index in [1.165, 1.54) is 31.0 Å². The van der Waals surface area contributed by atoms with Crippen molar-refractivity contribution < 1.29 is 33.2 Å². The van der Waals surface area contributed by atoms with E-state index in [2.05, 4.69) is 11.1 Å². The molecule has 0 spiro atoms. The average molecular weight is 772 g/mol. The molecule has 0 saturated carbocycles. The Bertz CT molecular complexity index is 1830. The number of nitrogens with two attached hydrogens (primary N) is 1. The first-order valence-corrected chi connectivity index (χ1v) is 19.3. The Labute approximate surface area is 323 Å². The number of nitrogen functional groups attached to an aromatic ring is 1. The van der Waals surface area contributed by atoms with E-state index in [4.69, 9.17) is 29.0 Å². The number of carbonyl (C=O) groups excluding carboxylic acids is 1. The minimum absolute atomic E-state index is 0.0269. The number of benzene rings is 3. The third-order valence-electron chi connectivity index (χ3n) is 9.76. The number of ketones is 1. The number of nitriles is 1. The molecule has 1 aliphatic rings. The first-order valence-electron chi connectivity index (χ1n) is 18.2. The van der Waals surface area contributed by atoms with Crippen LogP contribution in [0.4, 0.5) is 5.82 Å². The van der Waals surface area contributed by atoms with Crippen molar-refractivity contribution in [3.63, 3.8) is 0 Å². The van der Waals surface area contributed by atoms with Crippen LogP contribution in [0, 0.1) is 11.3 Å². The number of carbonyl (C=O) groups is 1. The predicted molar refractivity (Wildman–Crippen MR) is 208 cm³/mol. The molecule has 4 aromatic rings. The van der Waals surface area contributed by atoms with E-state index in [0.717, 1.165) is 0 Å². The lowest BCUT2D eigenvalue weighted by Crippen LogP contribution is -2.65. The van der Waals surface area contributed by atoms with E-state index in [9.17, 15) is 15.2 Å². The number of hydrogen-bond donors (Lipinski definition) is 2. The second-order valence-corrected chi connectivity index (χ2v) is 15.1. The van der Waals surface area contributed by atoms with Crippen LogP contribution in [0.2, 0.25) is 0 Å². The normalized spacial score (nSPS) is 18.7. The van der Waals surface area contributed by atoms with Crippen LogP contribution >= 0.6 is 8.53 Å². The maximum atomic E-state index is 15.5. The van der Waals surface area contributed by atoms with Crippen molar-refractivity contribution in [3.05, 3.63) is 130 Å². The standard InChI is InChI=1S/C41H50N5O8P/c1-28(2)46(29(3)4)55(52-26-16-24-42)54-33-27-35(45-25-23-34(43)44-39(45)49)53-37(33)36(47)38(48)41(50-5,51-6)40(30-17-10-7-11-18-30,31-19-12-8-13-20-31)32-21-14-9-15-22-32/h7-15,17-23,25,28-29,33,35-37,47H,16,26-27H2,1-6H3,(H2,43,44,49)/t33-,35+,36?,37-,55?/m0/s1. The molecule has 1 aliphatic heterocycles. The van der Waals surface area contributed by atoms with Gasteiger partial charge in [-0.05, 0) is 50.5 Å². The smallest absolute Gasteiger partial charge is 0.351 e. The van der Waals surface area contributed by atoms with Crippen LogP contribution in [0.15, 0.2) is 108 Å². The highest BCUT2D eigenvalue weighted by molar-refractivity contribution is 7.44. The molecule has 0 amide bonds. The fourth-order valence-corrected chi connectivity index (χ4v) is 9.27. The molecular weight excluding hydrogens is 721 g/mol. The molecular formula is C41H50N5O8P. The second-order valence-electron chi connectivity index (χ2n) is 13.7. The highest BCUT2D eigenvalue weighted by Gasteiger charge is 2.64. The molecule has 1 fully saturated rings. The highest BCUT2D eigenvalue weighted by Crippen LogP contribution is 2.53. The number of rotatable bonds is 18. The highest BCUT2D eigenvalue weighted by atomic mass is 31.2. The number of aliphatic hydroxyl groups excluding tert-OH is 1. The summed E-state index contributed by atoms with van der Waals surface area (Å²) in [6, 6.07) is 31.6. The average Bonchev–Trinajstić information content (AvgIpc) is 3.60. The van der Waals surface area contributed by atoms with Crippen LogP contribution in [-0.4, -0.2) is 82.1 Å². The molecule has 14 heteroatoms. The molecule has 13 nitrogen and oxygen atoms in total. The molecule has 2 unspecified atom stereocenters. The number of anilines is 1. The van der Waals surface area contributed by atoms with Crippen molar-refractivity contribution >= 4 is 20.1 Å². The molecule has 0 radical (unpaired) electrons. The second kappa shape index (κ2) is 18.5. The number of hydrogen-bond acceptors (Lipinski definition) is 12. The van der Waals surface area contributed by atoms with E-state index in [-0.39, 0.29) is 37.4 Å². The van der Waals surface area contributed by atoms with Gasteiger partial charge in [-0.2, -0.15) is 10.2 Å². The Balaban J connectivity index is 1.68. The zero-order valence-corrected chi connectivity index (χ0v) is 32.9. The molecule has 1 saturated heterocycles. The Morgan fingerprint density at radius 3 is 1.91 bits per heavy atom. The summed E-state index contributed by atoms with van der Waals surface area (Å²) in [5.41, 5.74) is 5.62. The lowest BCUT2D eigenvalue weighted by Gasteiger charge is -2.49. The van der Waals surface area contributed by atoms with Gasteiger partial charge in [-0.3, -0.25) is 9.36 Å². The molecule has 2 heterocycles. The summed E-state index contributed by atoms with van der Waals surface area (Å²) in [7, 11) is 0.871. The summed E-state index contributed by atoms with van der Waals surface area (Å²) in [6.45, 7) is 8.08. The number of ether oxygens (including phenoxy) is 3. The lowest BCUT2D eigenvalue weighted by molar-refractivity contribution is -0.237. The van der Waals surface area contributed by atoms with Crippen LogP contribution in [0.1, 0.15) is 63.5 Å². The minimum atomic E-state index is -2.21. The molecule has 0 bridgehead atoms. The molecule has 0 aliphatic carbocycles. The van der Waals surface area contributed by atoms with Gasteiger partial charge in [-0.15, -0.1) is 0 Å². The molecule has 292 valence electrons. The van der Waals surface area contributed by atoms with Crippen LogP contribution in [0.5, 0.6) is 0 Å². The summed E-state index contributed by atoms with van der Waals surface area (Å²) in [4.78, 5) is 32.5. The largest absolute Gasteiger partial charge is 0.383 e. The van der Waals surface area contributed by atoms with Crippen molar-refractivity contribution in [2.45, 2.75) is 88.4 Å². The first-order chi connectivity index (χ1) is 26.5. The summed E-state index contributed by atoms with van der Waals surface area (Å²) in [5.74, 6) is -3.03. The summed E-state index contributed by atoms with van der Waals surface area (Å²) < 4.78 is 35.3. The molecule has 3 aromatic carbocycles. The van der Waals surface area contributed by atoms with Crippen molar-refractivity contribution in [1.82, 2.24) is 14.2 Å². The zero-order chi connectivity index (χ0) is 39.8. The predicted octanol–water partition coefficient (Wildman–Crippen LogP) is 5.73. The topological polar surface area (TPSA) is 171 Å². The maximum absolute atomic E-state index is 15.5. The number of nitrogens with zero attached hydrogens (tertiary/aromatic N) is 4. The Kier molecular flexibility index (Phi) is 14.1. The fourth-order valence-electron chi connectivity index (χ4n) is 7.53. The third-order valence-corrected chi connectivity index (χ3v) is 11.9. The van der Waals surface area contributed by atoms with Gasteiger partial charge in [0, 0.05) is 38.9 Å². The van der Waals surface area contributed by atoms with Crippen LogP contribution < -0.4 is 11.4 Å². The molecule has 5 atom stereocenters. The van der Waals surface area contributed by atoms with Crippen molar-refractivity contribution in [1.29, 1.82) is 5.26 Å². The van der Waals surface area contributed by atoms with Gasteiger partial charge in [0.15, 0.2) is 0 Å². The molecule has 5 rings (SSSR count). The molecule has 1 aromatic heterocycles. The molecule has 3 N–H and O–H groups in total. The summed E-state index contributed by atoms with van der Waals surface area (Å²) in [6.07, 6.45) is -3.72. The first kappa shape index (κ1) is 41.8. The van der Waals surface area contributed by atoms with Crippen LogP contribution in [0.3, 0.4) is 0 Å². The number of aliphatic hydroxyl groups is 1. The van der Waals surface area contributed by atoms with Gasteiger partial charge in [-0.25, -0.2) is 9.46 Å². The Morgan fingerprint density at radius 1 is 0.964 bits per heavy atom. The summed E-state index contributed by atoms with van der Waals surface area (Å²) >= 11 is 0. The Hall–Kier alpha value is -4.35. The van der Waals surface area contributed by atoms with Crippen LogP contribution in [0.25, 0.3) is 0 Å². The Morgan fingerprint density at radius 2 is 1.47 bits per heavy atom. The van der Waals surface area contributed by atoms with Gasteiger partial charge in [0.25, 0.3) is 8.53 Å². The van der Waals surface area contributed by atoms with Crippen molar-refractivity contribution in [2.75, 3.05) is 26.6 Å². The van der Waals surface area contributed by atoms with Crippen LogP contribution in [-0.2, 0) is 33.5 Å². The van der Waals surface area contributed by atoms with Crippen molar-refractivity contribution in [2.24, 2.45) is 0 Å². The third kappa shape index (κ3) is 8.28. The van der Waals surface area contributed by atoms with Gasteiger partial charge in [0.2, 0.25) is 11.6 Å². The van der Waals surface area contributed by atoms with E-state index in [1.807, 2.05) is 123 Å². The van der Waals surface area contributed by atoms with Gasteiger partial charge >= 0.3 is 5.69 Å². The lowest BCUT2D eigenvalue weighted by atomic mass is 9.61. The van der Waals surface area contributed by atoms with Gasteiger partial charge in [-0.1, -0.05) is 91.0 Å². The zero-order valence-electron chi connectivity index (χ0n) is 32.0. The van der Waals surface area contributed by atoms with Crippen molar-refractivity contribution in [3.8, 4) is 6.07 Å². The maximum Gasteiger partial charge on any atom is 0.351 e. The van der Waals surface area contributed by atoms with E-state index in [1.54, 1.807) is 0 Å². The monoisotopic (exact) mass is 771 g/mol.